The first-order valence-corrected chi connectivity index (χ1v) is 11.3. The molecule has 0 amide bonds. The highest BCUT2D eigenvalue weighted by Crippen LogP contribution is 2.37. The van der Waals surface area contributed by atoms with Crippen LogP contribution in [-0.4, -0.2) is 4.57 Å². The molecule has 7 aromatic rings. The highest BCUT2D eigenvalue weighted by Gasteiger charge is 2.17. The number of nitrogens with zero attached hydrogens (tertiary/aromatic N) is 1. The van der Waals surface area contributed by atoms with Crippen LogP contribution in [-0.2, 0) is 0 Å². The van der Waals surface area contributed by atoms with E-state index < -0.39 is 0 Å². The van der Waals surface area contributed by atoms with E-state index in [4.69, 9.17) is 4.42 Å². The van der Waals surface area contributed by atoms with Crippen LogP contribution < -0.4 is 5.63 Å². The molecule has 0 radical (unpaired) electrons. The molecule has 0 aliphatic heterocycles. The van der Waals surface area contributed by atoms with Crippen molar-refractivity contribution in [1.29, 1.82) is 0 Å². The van der Waals surface area contributed by atoms with E-state index in [1.165, 1.54) is 11.1 Å². The van der Waals surface area contributed by atoms with Gasteiger partial charge < -0.3 is 8.98 Å². The Morgan fingerprint density at radius 3 is 2.03 bits per heavy atom. The molecule has 34 heavy (non-hydrogen) atoms. The second-order valence-corrected chi connectivity index (χ2v) is 8.54. The summed E-state index contributed by atoms with van der Waals surface area (Å²) in [5, 5.41) is 4.76. The Hall–Kier alpha value is -4.63. The Bertz CT molecular complexity index is 1930. The number of para-hydroxylation sites is 2. The molecule has 2 heterocycles. The van der Waals surface area contributed by atoms with Crippen molar-refractivity contribution in [1.82, 2.24) is 4.57 Å². The molecule has 3 heteroatoms. The van der Waals surface area contributed by atoms with Gasteiger partial charge in [-0.25, -0.2) is 4.79 Å². The predicted octanol–water partition coefficient (Wildman–Crippen LogP) is 7.71. The van der Waals surface area contributed by atoms with E-state index in [1.54, 1.807) is 0 Å². The molecular formula is C31H19NO2. The Morgan fingerprint density at radius 2 is 1.18 bits per heavy atom. The van der Waals surface area contributed by atoms with Gasteiger partial charge in [0, 0.05) is 16.2 Å². The number of hydrogen-bond acceptors (Lipinski definition) is 2. The first-order chi connectivity index (χ1) is 16.8. The van der Waals surface area contributed by atoms with Crippen molar-refractivity contribution in [3.63, 3.8) is 0 Å². The lowest BCUT2D eigenvalue weighted by atomic mass is 10.0. The Kier molecular flexibility index (Phi) is 4.00. The van der Waals surface area contributed by atoms with Gasteiger partial charge in [-0.3, -0.25) is 0 Å². The second kappa shape index (κ2) is 7.19. The Morgan fingerprint density at radius 1 is 0.500 bits per heavy atom. The van der Waals surface area contributed by atoms with Gasteiger partial charge in [-0.05, 0) is 46.8 Å². The third-order valence-electron chi connectivity index (χ3n) is 6.65. The van der Waals surface area contributed by atoms with Crippen LogP contribution in [0.4, 0.5) is 0 Å². The minimum absolute atomic E-state index is 0.317. The third-order valence-corrected chi connectivity index (χ3v) is 6.65. The predicted molar refractivity (Wildman–Crippen MR) is 140 cm³/mol. The van der Waals surface area contributed by atoms with Crippen LogP contribution in [0, 0.1) is 0 Å². The summed E-state index contributed by atoms with van der Waals surface area (Å²) >= 11 is 0. The summed E-state index contributed by atoms with van der Waals surface area (Å²) in [5.74, 6) is 0. The summed E-state index contributed by atoms with van der Waals surface area (Å²) in [6.07, 6.45) is 0. The third kappa shape index (κ3) is 2.67. The number of aromatic nitrogens is 1. The molecule has 0 aliphatic carbocycles. The van der Waals surface area contributed by atoms with E-state index >= 15 is 0 Å². The van der Waals surface area contributed by atoms with Crippen LogP contribution in [0.3, 0.4) is 0 Å². The maximum Gasteiger partial charge on any atom is 0.344 e. The van der Waals surface area contributed by atoms with Gasteiger partial charge >= 0.3 is 5.63 Å². The standard InChI is InChI=1S/C31H19NO2/c33-31-25-13-5-4-11-22(25)24-14-8-16-29(30(24)34-31)32-27-15-7-6-12-23(27)26-19-21(17-18-28(26)32)20-9-2-1-3-10-20/h1-19H. The molecule has 0 aliphatic rings. The summed E-state index contributed by atoms with van der Waals surface area (Å²) in [7, 11) is 0. The first kappa shape index (κ1) is 18.9. The van der Waals surface area contributed by atoms with E-state index in [0.717, 1.165) is 38.3 Å². The van der Waals surface area contributed by atoms with Crippen LogP contribution in [0.2, 0.25) is 0 Å². The smallest absolute Gasteiger partial charge is 0.344 e. The van der Waals surface area contributed by atoms with Crippen molar-refractivity contribution in [2.45, 2.75) is 0 Å². The fourth-order valence-corrected chi connectivity index (χ4v) is 5.11. The second-order valence-electron chi connectivity index (χ2n) is 8.54. The molecule has 3 nitrogen and oxygen atoms in total. The molecule has 5 aromatic carbocycles. The molecule has 0 unspecified atom stereocenters. The van der Waals surface area contributed by atoms with Crippen LogP contribution in [0.5, 0.6) is 0 Å². The van der Waals surface area contributed by atoms with E-state index in [2.05, 4.69) is 65.2 Å². The summed E-state index contributed by atoms with van der Waals surface area (Å²) < 4.78 is 8.15. The zero-order valence-corrected chi connectivity index (χ0v) is 18.2. The summed E-state index contributed by atoms with van der Waals surface area (Å²) in [6, 6.07) is 39.1. The van der Waals surface area contributed by atoms with Gasteiger partial charge in [-0.2, -0.15) is 0 Å². The van der Waals surface area contributed by atoms with Gasteiger partial charge in [0.05, 0.1) is 22.1 Å². The van der Waals surface area contributed by atoms with E-state index in [-0.39, 0.29) is 5.63 Å². The molecule has 0 spiro atoms. The minimum atomic E-state index is -0.317. The van der Waals surface area contributed by atoms with Gasteiger partial charge in [0.1, 0.15) is 0 Å². The van der Waals surface area contributed by atoms with Crippen LogP contribution in [0.15, 0.2) is 124 Å². The highest BCUT2D eigenvalue weighted by molar-refractivity contribution is 6.13. The van der Waals surface area contributed by atoms with Crippen LogP contribution >= 0.6 is 0 Å². The van der Waals surface area contributed by atoms with Crippen LogP contribution in [0.25, 0.3) is 60.4 Å². The lowest BCUT2D eigenvalue weighted by Crippen LogP contribution is -2.02. The van der Waals surface area contributed by atoms with Crippen molar-refractivity contribution < 1.29 is 4.42 Å². The Labute approximate surface area is 195 Å². The van der Waals surface area contributed by atoms with Crippen LogP contribution in [0.1, 0.15) is 0 Å². The molecule has 0 N–H and O–H groups in total. The van der Waals surface area contributed by atoms with Gasteiger partial charge in [-0.1, -0.05) is 84.9 Å². The zero-order chi connectivity index (χ0) is 22.6. The number of fused-ring (bicyclic) bond motifs is 6. The maximum absolute atomic E-state index is 12.9. The van der Waals surface area contributed by atoms with Gasteiger partial charge in [-0.15, -0.1) is 0 Å². The Balaban J connectivity index is 1.60. The van der Waals surface area contributed by atoms with E-state index in [1.807, 2.05) is 54.6 Å². The number of hydrogen-bond donors (Lipinski definition) is 0. The minimum Gasteiger partial charge on any atom is -0.420 e. The molecule has 0 saturated heterocycles. The zero-order valence-electron chi connectivity index (χ0n) is 18.2. The molecule has 0 saturated carbocycles. The average Bonchev–Trinajstić information content (AvgIpc) is 3.23. The average molecular weight is 437 g/mol. The van der Waals surface area contributed by atoms with Crippen molar-refractivity contribution in [2.24, 2.45) is 0 Å². The fourth-order valence-electron chi connectivity index (χ4n) is 5.11. The molecule has 0 atom stereocenters. The topological polar surface area (TPSA) is 35.1 Å². The molecular weight excluding hydrogens is 418 g/mol. The van der Waals surface area contributed by atoms with Gasteiger partial charge in [0.2, 0.25) is 0 Å². The lowest BCUT2D eigenvalue weighted by molar-refractivity contribution is 0.568. The van der Waals surface area contributed by atoms with Crippen molar-refractivity contribution in [2.75, 3.05) is 0 Å². The van der Waals surface area contributed by atoms with Gasteiger partial charge in [0.15, 0.2) is 5.58 Å². The van der Waals surface area contributed by atoms with Gasteiger partial charge in [0.25, 0.3) is 0 Å². The SMILES string of the molecule is O=c1oc2c(-n3c4ccccc4c4cc(-c5ccccc5)ccc43)cccc2c2ccccc12. The monoisotopic (exact) mass is 437 g/mol. The molecule has 2 aromatic heterocycles. The van der Waals surface area contributed by atoms with Crippen molar-refractivity contribution >= 4 is 43.5 Å². The largest absolute Gasteiger partial charge is 0.420 e. The molecule has 7 rings (SSSR count). The molecule has 0 fully saturated rings. The number of rotatable bonds is 2. The quantitative estimate of drug-likeness (QED) is 0.205. The molecule has 0 bridgehead atoms. The summed E-state index contributed by atoms with van der Waals surface area (Å²) in [5.41, 5.74) is 5.65. The lowest BCUT2D eigenvalue weighted by Gasteiger charge is -2.11. The molecule has 160 valence electrons. The summed E-state index contributed by atoms with van der Waals surface area (Å²) in [6.45, 7) is 0. The normalized spacial score (nSPS) is 11.6. The number of benzene rings is 5. The fraction of sp³-hybridized carbons (Fsp3) is 0. The van der Waals surface area contributed by atoms with E-state index in [9.17, 15) is 4.79 Å². The maximum atomic E-state index is 12.9. The highest BCUT2D eigenvalue weighted by atomic mass is 16.4. The first-order valence-electron chi connectivity index (χ1n) is 11.3. The van der Waals surface area contributed by atoms with Crippen molar-refractivity contribution in [3.05, 3.63) is 126 Å². The van der Waals surface area contributed by atoms with E-state index in [0.29, 0.717) is 11.0 Å². The summed E-state index contributed by atoms with van der Waals surface area (Å²) in [4.78, 5) is 12.9. The van der Waals surface area contributed by atoms with Crippen molar-refractivity contribution in [3.8, 4) is 16.8 Å².